The van der Waals surface area contributed by atoms with Crippen LogP contribution in [0.4, 0.5) is 0 Å². The normalized spacial score (nSPS) is 18.3. The summed E-state index contributed by atoms with van der Waals surface area (Å²) >= 11 is 0. The fourth-order valence-electron chi connectivity index (χ4n) is 6.72. The SMILES string of the molecule is COC(=O)C1=C(C)NC(C)=C(NC(=O)CCCN2CCC(c3ccccc3)(c3ccccc3)CC2)C1c1ccc(C#N)cc1. The van der Waals surface area contributed by atoms with E-state index < -0.39 is 11.9 Å². The molecule has 2 aliphatic heterocycles. The smallest absolute Gasteiger partial charge is 0.336 e. The Balaban J connectivity index is 1.23. The second-order valence-electron chi connectivity index (χ2n) is 11.7. The highest BCUT2D eigenvalue weighted by Crippen LogP contribution is 2.42. The zero-order valence-electron chi connectivity index (χ0n) is 25.7. The minimum absolute atomic E-state index is 0.00216. The lowest BCUT2D eigenvalue weighted by atomic mass is 9.68. The summed E-state index contributed by atoms with van der Waals surface area (Å²) in [4.78, 5) is 28.7. The number of carbonyl (C=O) groups excluding carboxylic acids is 2. The standard InChI is InChI=1S/C37H40N4O3/c1-26-33(36(43)44-3)34(29-18-16-28(25-38)17-19-29)35(27(2)39-26)40-32(42)15-10-22-41-23-20-37(21-24-41,30-11-6-4-7-12-30)31-13-8-5-9-14-31/h4-9,11-14,16-19,34,39H,10,15,20-24H2,1-3H3,(H,40,42). The Kier molecular flexibility index (Phi) is 9.62. The monoisotopic (exact) mass is 588 g/mol. The molecule has 1 atom stereocenters. The topological polar surface area (TPSA) is 94.5 Å². The minimum Gasteiger partial charge on any atom is -0.466 e. The van der Waals surface area contributed by atoms with Crippen LogP contribution in [0.15, 0.2) is 108 Å². The van der Waals surface area contributed by atoms with E-state index in [0.717, 1.165) is 50.2 Å². The van der Waals surface area contributed by atoms with Crippen LogP contribution in [0.3, 0.4) is 0 Å². The molecule has 7 heteroatoms. The summed E-state index contributed by atoms with van der Waals surface area (Å²) in [7, 11) is 1.35. The Hall–Kier alpha value is -4.67. The van der Waals surface area contributed by atoms with Crippen molar-refractivity contribution in [3.05, 3.63) is 130 Å². The number of ether oxygens (including phenoxy) is 1. The van der Waals surface area contributed by atoms with Gasteiger partial charge in [0.25, 0.3) is 0 Å². The number of dihydropyridines is 1. The zero-order valence-corrected chi connectivity index (χ0v) is 25.7. The number of rotatable bonds is 9. The minimum atomic E-state index is -0.522. The van der Waals surface area contributed by atoms with Gasteiger partial charge in [0.2, 0.25) is 5.91 Å². The van der Waals surface area contributed by atoms with E-state index in [1.54, 1.807) is 12.1 Å². The van der Waals surface area contributed by atoms with Crippen LogP contribution in [0.5, 0.6) is 0 Å². The maximum atomic E-state index is 13.3. The van der Waals surface area contributed by atoms with Gasteiger partial charge in [-0.15, -0.1) is 0 Å². The number of amides is 1. The van der Waals surface area contributed by atoms with Crippen molar-refractivity contribution in [2.75, 3.05) is 26.7 Å². The fourth-order valence-corrected chi connectivity index (χ4v) is 6.72. The molecule has 0 aromatic heterocycles. The molecule has 1 saturated heterocycles. The third-order valence-electron chi connectivity index (χ3n) is 9.05. The largest absolute Gasteiger partial charge is 0.466 e. The Morgan fingerprint density at radius 3 is 2.07 bits per heavy atom. The lowest BCUT2D eigenvalue weighted by molar-refractivity contribution is -0.136. The predicted octanol–water partition coefficient (Wildman–Crippen LogP) is 5.90. The molecule has 0 bridgehead atoms. The van der Waals surface area contributed by atoms with Gasteiger partial charge in [0.15, 0.2) is 0 Å². The van der Waals surface area contributed by atoms with Crippen molar-refractivity contribution in [1.29, 1.82) is 5.26 Å². The van der Waals surface area contributed by atoms with Crippen LogP contribution in [0.25, 0.3) is 0 Å². The molecule has 2 aliphatic rings. The summed E-state index contributed by atoms with van der Waals surface area (Å²) < 4.78 is 5.12. The van der Waals surface area contributed by atoms with Crippen LogP contribution in [0.1, 0.15) is 67.7 Å². The average molecular weight is 589 g/mol. The molecular formula is C37H40N4O3. The second-order valence-corrected chi connectivity index (χ2v) is 11.7. The van der Waals surface area contributed by atoms with Crippen molar-refractivity contribution in [3.8, 4) is 6.07 Å². The first-order chi connectivity index (χ1) is 21.4. The molecule has 7 nitrogen and oxygen atoms in total. The van der Waals surface area contributed by atoms with Gasteiger partial charge in [0, 0.05) is 28.9 Å². The Morgan fingerprint density at radius 2 is 1.52 bits per heavy atom. The molecule has 226 valence electrons. The molecule has 3 aromatic rings. The Bertz CT molecular complexity index is 1540. The van der Waals surface area contributed by atoms with Crippen molar-refractivity contribution < 1.29 is 14.3 Å². The molecule has 3 aromatic carbocycles. The number of nitrogens with zero attached hydrogens (tertiary/aromatic N) is 2. The molecule has 1 amide bonds. The number of hydrogen-bond donors (Lipinski definition) is 2. The summed E-state index contributed by atoms with van der Waals surface area (Å²) in [5.74, 6) is -1.08. The highest BCUT2D eigenvalue weighted by molar-refractivity contribution is 5.93. The lowest BCUT2D eigenvalue weighted by Gasteiger charge is -2.43. The molecule has 1 unspecified atom stereocenters. The zero-order chi connectivity index (χ0) is 31.1. The summed E-state index contributed by atoms with van der Waals surface area (Å²) in [5, 5.41) is 15.6. The fraction of sp³-hybridized carbons (Fsp3) is 0.324. The first-order valence-corrected chi connectivity index (χ1v) is 15.3. The van der Waals surface area contributed by atoms with Crippen molar-refractivity contribution in [1.82, 2.24) is 15.5 Å². The van der Waals surface area contributed by atoms with Crippen LogP contribution < -0.4 is 10.6 Å². The summed E-state index contributed by atoms with van der Waals surface area (Å²) in [6, 6.07) is 30.9. The van der Waals surface area contributed by atoms with Crippen LogP contribution in [-0.4, -0.2) is 43.5 Å². The summed E-state index contributed by atoms with van der Waals surface area (Å²) in [5.41, 5.74) is 6.56. The van der Waals surface area contributed by atoms with Crippen LogP contribution in [0, 0.1) is 11.3 Å². The molecule has 2 heterocycles. The summed E-state index contributed by atoms with van der Waals surface area (Å²) in [6.45, 7) is 6.49. The average Bonchev–Trinajstić information content (AvgIpc) is 3.06. The van der Waals surface area contributed by atoms with Gasteiger partial charge < -0.3 is 20.3 Å². The van der Waals surface area contributed by atoms with Crippen LogP contribution in [0.2, 0.25) is 0 Å². The molecule has 44 heavy (non-hydrogen) atoms. The first kappa shape index (κ1) is 30.8. The Labute approximate surface area is 260 Å². The number of allylic oxidation sites excluding steroid dienone is 3. The quantitative estimate of drug-likeness (QED) is 0.302. The number of benzene rings is 3. The van der Waals surface area contributed by atoms with Gasteiger partial charge in [-0.05, 0) is 81.6 Å². The first-order valence-electron chi connectivity index (χ1n) is 15.3. The van der Waals surface area contributed by atoms with E-state index in [4.69, 9.17) is 4.74 Å². The molecule has 0 radical (unpaired) electrons. The van der Waals surface area contributed by atoms with E-state index in [1.807, 2.05) is 26.0 Å². The van der Waals surface area contributed by atoms with Crippen molar-refractivity contribution >= 4 is 11.9 Å². The van der Waals surface area contributed by atoms with Gasteiger partial charge in [0.1, 0.15) is 0 Å². The maximum Gasteiger partial charge on any atom is 0.336 e. The van der Waals surface area contributed by atoms with E-state index >= 15 is 0 Å². The lowest BCUT2D eigenvalue weighted by Crippen LogP contribution is -2.43. The van der Waals surface area contributed by atoms with Gasteiger partial charge in [0.05, 0.1) is 30.2 Å². The van der Waals surface area contributed by atoms with Gasteiger partial charge in [-0.25, -0.2) is 4.79 Å². The third kappa shape index (κ3) is 6.46. The summed E-state index contributed by atoms with van der Waals surface area (Å²) in [6.07, 6.45) is 3.15. The number of nitrogens with one attached hydrogen (secondary N) is 2. The third-order valence-corrected chi connectivity index (χ3v) is 9.05. The molecule has 2 N–H and O–H groups in total. The van der Waals surface area contributed by atoms with E-state index in [-0.39, 0.29) is 11.3 Å². The second kappa shape index (κ2) is 13.7. The highest BCUT2D eigenvalue weighted by Gasteiger charge is 2.38. The number of hydrogen-bond acceptors (Lipinski definition) is 6. The van der Waals surface area contributed by atoms with E-state index in [0.29, 0.717) is 29.0 Å². The number of nitriles is 1. The molecule has 5 rings (SSSR count). The molecule has 0 aliphatic carbocycles. The van der Waals surface area contributed by atoms with Gasteiger partial charge in [-0.3, -0.25) is 4.79 Å². The number of carbonyl (C=O) groups is 2. The molecule has 0 saturated carbocycles. The Morgan fingerprint density at radius 1 is 0.932 bits per heavy atom. The van der Waals surface area contributed by atoms with E-state index in [9.17, 15) is 14.9 Å². The van der Waals surface area contributed by atoms with Crippen LogP contribution in [-0.2, 0) is 19.7 Å². The maximum absolute atomic E-state index is 13.3. The molecular weight excluding hydrogens is 548 g/mol. The predicted molar refractivity (Wildman–Crippen MR) is 171 cm³/mol. The number of likely N-dealkylation sites (tertiary alicyclic amines) is 1. The van der Waals surface area contributed by atoms with E-state index in [2.05, 4.69) is 82.3 Å². The molecule has 0 spiro atoms. The van der Waals surface area contributed by atoms with Crippen LogP contribution >= 0.6 is 0 Å². The number of methoxy groups -OCH3 is 1. The van der Waals surface area contributed by atoms with Crippen molar-refractivity contribution in [2.45, 2.75) is 50.9 Å². The van der Waals surface area contributed by atoms with Gasteiger partial charge >= 0.3 is 5.97 Å². The van der Waals surface area contributed by atoms with E-state index in [1.165, 1.54) is 18.2 Å². The molecule has 1 fully saturated rings. The van der Waals surface area contributed by atoms with Gasteiger partial charge in [-0.2, -0.15) is 5.26 Å². The van der Waals surface area contributed by atoms with Crippen molar-refractivity contribution in [2.24, 2.45) is 0 Å². The highest BCUT2D eigenvalue weighted by atomic mass is 16.5. The van der Waals surface area contributed by atoms with Gasteiger partial charge in [-0.1, -0.05) is 72.8 Å². The number of piperidine rings is 1. The number of esters is 1. The van der Waals surface area contributed by atoms with Crippen molar-refractivity contribution in [3.63, 3.8) is 0 Å².